The number of fused-ring (bicyclic) bond motifs is 1. The minimum absolute atomic E-state index is 0.405. The summed E-state index contributed by atoms with van der Waals surface area (Å²) in [7, 11) is 0. The molecule has 0 aliphatic carbocycles. The van der Waals surface area contributed by atoms with Gasteiger partial charge in [0.15, 0.2) is 0 Å². The van der Waals surface area contributed by atoms with Crippen molar-refractivity contribution in [1.82, 2.24) is 5.32 Å². The Morgan fingerprint density at radius 3 is 2.22 bits per heavy atom. The fourth-order valence-electron chi connectivity index (χ4n) is 3.14. The van der Waals surface area contributed by atoms with Gasteiger partial charge in [0.1, 0.15) is 0 Å². The zero-order valence-corrected chi connectivity index (χ0v) is 14.0. The summed E-state index contributed by atoms with van der Waals surface area (Å²) in [4.78, 5) is 0. The van der Waals surface area contributed by atoms with Crippen molar-refractivity contribution in [3.63, 3.8) is 0 Å². The van der Waals surface area contributed by atoms with E-state index < -0.39 is 0 Å². The van der Waals surface area contributed by atoms with Gasteiger partial charge in [-0.25, -0.2) is 0 Å². The van der Waals surface area contributed by atoms with Gasteiger partial charge in [0, 0.05) is 12.1 Å². The summed E-state index contributed by atoms with van der Waals surface area (Å²) >= 11 is 0. The van der Waals surface area contributed by atoms with Crippen LogP contribution in [0.15, 0.2) is 72.8 Å². The van der Waals surface area contributed by atoms with Crippen LogP contribution >= 0.6 is 0 Å². The normalized spacial score (nSPS) is 12.7. The van der Waals surface area contributed by atoms with Gasteiger partial charge in [-0.2, -0.15) is 0 Å². The van der Waals surface area contributed by atoms with Gasteiger partial charge >= 0.3 is 0 Å². The predicted octanol–water partition coefficient (Wildman–Crippen LogP) is 5.51. The van der Waals surface area contributed by atoms with Gasteiger partial charge in [0.25, 0.3) is 0 Å². The summed E-state index contributed by atoms with van der Waals surface area (Å²) in [6.45, 7) is 4.43. The Morgan fingerprint density at radius 1 is 0.783 bits per heavy atom. The first kappa shape index (κ1) is 15.8. The van der Waals surface area contributed by atoms with Crippen molar-refractivity contribution < 1.29 is 0 Å². The van der Waals surface area contributed by atoms with E-state index in [-0.39, 0.29) is 0 Å². The predicted molar refractivity (Wildman–Crippen MR) is 99.7 cm³/mol. The molecule has 0 aliphatic rings. The maximum absolute atomic E-state index is 3.70. The minimum atomic E-state index is 0.405. The molecule has 0 spiro atoms. The van der Waals surface area contributed by atoms with E-state index in [9.17, 15) is 0 Å². The maximum atomic E-state index is 3.70. The summed E-state index contributed by atoms with van der Waals surface area (Å²) in [6, 6.07) is 27.1. The zero-order chi connectivity index (χ0) is 16.1. The van der Waals surface area contributed by atoms with Gasteiger partial charge < -0.3 is 5.32 Å². The Bertz CT molecular complexity index is 746. The average molecular weight is 303 g/mol. The van der Waals surface area contributed by atoms with Crippen LogP contribution in [0.25, 0.3) is 10.8 Å². The third-order valence-electron chi connectivity index (χ3n) is 4.27. The van der Waals surface area contributed by atoms with Gasteiger partial charge in [-0.1, -0.05) is 86.6 Å². The lowest BCUT2D eigenvalue weighted by atomic mass is 9.97. The van der Waals surface area contributed by atoms with E-state index in [1.165, 1.54) is 21.9 Å². The molecule has 1 unspecified atom stereocenters. The molecule has 3 aromatic rings. The minimum Gasteiger partial charge on any atom is -0.308 e. The summed E-state index contributed by atoms with van der Waals surface area (Å²) in [6.07, 6.45) is 2.20. The van der Waals surface area contributed by atoms with Crippen molar-refractivity contribution in [2.45, 2.75) is 38.8 Å². The molecular formula is C22H25N. The standard InChI is InChI=1S/C22H25N/c1-17(2)23-22(20-9-4-3-5-10-20)15-13-18-12-14-19-8-6-7-11-21(19)16-18/h3-12,14,16-17,22-23H,13,15H2,1-2H3. The summed E-state index contributed by atoms with van der Waals surface area (Å²) in [5, 5.41) is 6.35. The third-order valence-corrected chi connectivity index (χ3v) is 4.27. The van der Waals surface area contributed by atoms with Crippen molar-refractivity contribution in [3.8, 4) is 0 Å². The number of rotatable bonds is 6. The van der Waals surface area contributed by atoms with Crippen LogP contribution in [0.5, 0.6) is 0 Å². The number of aryl methyl sites for hydroxylation is 1. The smallest absolute Gasteiger partial charge is 0.0325 e. The van der Waals surface area contributed by atoms with Crippen molar-refractivity contribution in [2.75, 3.05) is 0 Å². The van der Waals surface area contributed by atoms with Crippen LogP contribution < -0.4 is 5.32 Å². The van der Waals surface area contributed by atoms with Gasteiger partial charge in [-0.15, -0.1) is 0 Å². The van der Waals surface area contributed by atoms with Crippen LogP contribution in [0.2, 0.25) is 0 Å². The number of nitrogens with one attached hydrogen (secondary N) is 1. The average Bonchev–Trinajstić information content (AvgIpc) is 2.59. The van der Waals surface area contributed by atoms with Crippen LogP contribution in [0.4, 0.5) is 0 Å². The fraction of sp³-hybridized carbons (Fsp3) is 0.273. The first-order valence-electron chi connectivity index (χ1n) is 8.51. The molecule has 0 amide bonds. The van der Waals surface area contributed by atoms with Crippen LogP contribution in [0, 0.1) is 0 Å². The van der Waals surface area contributed by atoms with Crippen LogP contribution in [-0.4, -0.2) is 6.04 Å². The highest BCUT2D eigenvalue weighted by Crippen LogP contribution is 2.22. The van der Waals surface area contributed by atoms with Crippen LogP contribution in [0.3, 0.4) is 0 Å². The molecule has 0 heterocycles. The second-order valence-corrected chi connectivity index (χ2v) is 6.50. The molecule has 1 atom stereocenters. The molecule has 118 valence electrons. The van der Waals surface area contributed by atoms with Crippen molar-refractivity contribution >= 4 is 10.8 Å². The number of benzene rings is 3. The summed E-state index contributed by atoms with van der Waals surface area (Å²) < 4.78 is 0. The molecule has 1 N–H and O–H groups in total. The molecule has 0 radical (unpaired) electrons. The second-order valence-electron chi connectivity index (χ2n) is 6.50. The van der Waals surface area contributed by atoms with E-state index in [0.29, 0.717) is 12.1 Å². The largest absolute Gasteiger partial charge is 0.308 e. The third kappa shape index (κ3) is 4.20. The lowest BCUT2D eigenvalue weighted by molar-refractivity contribution is 0.452. The Hall–Kier alpha value is -2.12. The molecular weight excluding hydrogens is 278 g/mol. The van der Waals surface area contributed by atoms with Crippen LogP contribution in [-0.2, 0) is 6.42 Å². The Morgan fingerprint density at radius 2 is 1.48 bits per heavy atom. The van der Waals surface area contributed by atoms with Gasteiger partial charge in [0.2, 0.25) is 0 Å². The first-order valence-corrected chi connectivity index (χ1v) is 8.51. The number of hydrogen-bond acceptors (Lipinski definition) is 1. The Labute approximate surface area is 139 Å². The highest BCUT2D eigenvalue weighted by Gasteiger charge is 2.12. The van der Waals surface area contributed by atoms with Crippen molar-refractivity contribution in [1.29, 1.82) is 0 Å². The fourth-order valence-corrected chi connectivity index (χ4v) is 3.14. The van der Waals surface area contributed by atoms with Crippen molar-refractivity contribution in [2.24, 2.45) is 0 Å². The quantitative estimate of drug-likeness (QED) is 0.633. The highest BCUT2D eigenvalue weighted by molar-refractivity contribution is 5.82. The molecule has 3 rings (SSSR count). The summed E-state index contributed by atoms with van der Waals surface area (Å²) in [5.74, 6) is 0. The van der Waals surface area contributed by atoms with Gasteiger partial charge in [-0.3, -0.25) is 0 Å². The first-order chi connectivity index (χ1) is 11.2. The topological polar surface area (TPSA) is 12.0 Å². The highest BCUT2D eigenvalue weighted by atomic mass is 14.9. The lowest BCUT2D eigenvalue weighted by Crippen LogP contribution is -2.28. The molecule has 3 aromatic carbocycles. The molecule has 0 bridgehead atoms. The van der Waals surface area contributed by atoms with E-state index in [0.717, 1.165) is 12.8 Å². The zero-order valence-electron chi connectivity index (χ0n) is 14.0. The van der Waals surface area contributed by atoms with E-state index in [4.69, 9.17) is 0 Å². The Balaban J connectivity index is 1.74. The lowest BCUT2D eigenvalue weighted by Gasteiger charge is -2.22. The Kier molecular flexibility index (Phi) is 5.09. The van der Waals surface area contributed by atoms with Crippen LogP contribution in [0.1, 0.15) is 37.4 Å². The van der Waals surface area contributed by atoms with Crippen molar-refractivity contribution in [3.05, 3.63) is 83.9 Å². The molecule has 0 aromatic heterocycles. The molecule has 0 aliphatic heterocycles. The molecule has 1 nitrogen and oxygen atoms in total. The van der Waals surface area contributed by atoms with E-state index in [1.807, 2.05) is 0 Å². The van der Waals surface area contributed by atoms with Gasteiger partial charge in [-0.05, 0) is 34.7 Å². The van der Waals surface area contributed by atoms with E-state index in [2.05, 4.69) is 92.0 Å². The van der Waals surface area contributed by atoms with E-state index >= 15 is 0 Å². The maximum Gasteiger partial charge on any atom is 0.0325 e. The molecule has 0 saturated carbocycles. The number of hydrogen-bond donors (Lipinski definition) is 1. The summed E-state index contributed by atoms with van der Waals surface area (Å²) in [5.41, 5.74) is 2.79. The SMILES string of the molecule is CC(C)NC(CCc1ccc2ccccc2c1)c1ccccc1. The molecule has 0 fully saturated rings. The molecule has 23 heavy (non-hydrogen) atoms. The van der Waals surface area contributed by atoms with Gasteiger partial charge in [0.05, 0.1) is 0 Å². The monoisotopic (exact) mass is 303 g/mol. The molecule has 1 heteroatoms. The molecule has 0 saturated heterocycles. The van der Waals surface area contributed by atoms with E-state index in [1.54, 1.807) is 0 Å². The second kappa shape index (κ2) is 7.43.